The summed E-state index contributed by atoms with van der Waals surface area (Å²) in [6, 6.07) is 12.4. The van der Waals surface area contributed by atoms with Crippen LogP contribution in [0.4, 0.5) is 17.6 Å². The van der Waals surface area contributed by atoms with Crippen LogP contribution in [0.1, 0.15) is 46.4 Å². The summed E-state index contributed by atoms with van der Waals surface area (Å²) in [7, 11) is 0. The van der Waals surface area contributed by atoms with E-state index < -0.39 is 29.5 Å². The number of carbonyl (C=O) groups excluding carboxylic acids is 3. The van der Waals surface area contributed by atoms with Crippen molar-refractivity contribution in [1.82, 2.24) is 35.5 Å². The average Bonchev–Trinajstić information content (AvgIpc) is 3.56. The number of pyridine rings is 1. The summed E-state index contributed by atoms with van der Waals surface area (Å²) >= 11 is 0. The number of piperidine rings is 1. The van der Waals surface area contributed by atoms with E-state index in [9.17, 15) is 31.9 Å². The zero-order valence-electron chi connectivity index (χ0n) is 26.2. The molecule has 2 aliphatic rings. The van der Waals surface area contributed by atoms with Gasteiger partial charge in [0.2, 0.25) is 17.7 Å². The number of fused-ring (bicyclic) bond motifs is 3. The zero-order chi connectivity index (χ0) is 34.5. The van der Waals surface area contributed by atoms with Crippen molar-refractivity contribution in [2.24, 2.45) is 11.8 Å². The number of alkyl halides is 3. The number of ether oxygens (including phenoxy) is 1. The van der Waals surface area contributed by atoms with Gasteiger partial charge in [-0.1, -0.05) is 17.3 Å². The summed E-state index contributed by atoms with van der Waals surface area (Å²) < 4.78 is 59.5. The number of benzene rings is 2. The van der Waals surface area contributed by atoms with Crippen LogP contribution >= 0.6 is 0 Å². The Bertz CT molecular complexity index is 1800. The topological polar surface area (TPSA) is 131 Å². The Morgan fingerprint density at radius 1 is 1.04 bits per heavy atom. The highest BCUT2D eigenvalue weighted by Crippen LogP contribution is 2.31. The van der Waals surface area contributed by atoms with Crippen LogP contribution in [0.5, 0.6) is 5.88 Å². The molecular weight excluding hydrogens is 646 g/mol. The lowest BCUT2D eigenvalue weighted by atomic mass is 9.80. The van der Waals surface area contributed by atoms with E-state index in [1.165, 1.54) is 35.1 Å². The van der Waals surface area contributed by atoms with Crippen LogP contribution in [0.25, 0.3) is 5.69 Å². The van der Waals surface area contributed by atoms with Crippen molar-refractivity contribution in [3.63, 3.8) is 0 Å². The first kappa shape index (κ1) is 33.6. The molecule has 1 saturated heterocycles. The molecule has 4 heterocycles. The van der Waals surface area contributed by atoms with Gasteiger partial charge in [0.1, 0.15) is 17.4 Å². The number of carbonyl (C=O) groups is 3. The minimum absolute atomic E-state index is 0.0270. The Hall–Kier alpha value is -5.34. The highest BCUT2D eigenvalue weighted by Gasteiger charge is 2.37. The molecule has 2 aromatic heterocycles. The Labute approximate surface area is 278 Å². The third-order valence-electron chi connectivity index (χ3n) is 8.81. The highest BCUT2D eigenvalue weighted by atomic mass is 19.4. The quantitative estimate of drug-likeness (QED) is 0.281. The van der Waals surface area contributed by atoms with E-state index >= 15 is 0 Å². The fourth-order valence-corrected chi connectivity index (χ4v) is 6.16. The largest absolute Gasteiger partial charge is 0.477 e. The zero-order valence-corrected chi connectivity index (χ0v) is 26.2. The molecule has 49 heavy (non-hydrogen) atoms. The van der Waals surface area contributed by atoms with Gasteiger partial charge in [-0.2, -0.15) is 13.2 Å². The second kappa shape index (κ2) is 14.4. The summed E-state index contributed by atoms with van der Waals surface area (Å²) in [5.74, 6) is -1.61. The van der Waals surface area contributed by atoms with Gasteiger partial charge in [0, 0.05) is 38.7 Å². The maximum absolute atomic E-state index is 14.0. The summed E-state index contributed by atoms with van der Waals surface area (Å²) in [4.78, 5) is 46.4. The maximum Gasteiger partial charge on any atom is 0.416 e. The Morgan fingerprint density at radius 2 is 1.82 bits per heavy atom. The molecule has 0 radical (unpaired) electrons. The Balaban J connectivity index is 1.17. The first-order valence-electron chi connectivity index (χ1n) is 15.8. The number of nitrogens with one attached hydrogen (secondary N) is 2. The summed E-state index contributed by atoms with van der Waals surface area (Å²) in [5, 5.41) is 13.9. The number of amides is 3. The molecule has 2 N–H and O–H groups in total. The number of rotatable bonds is 7. The predicted molar refractivity (Wildman–Crippen MR) is 167 cm³/mol. The van der Waals surface area contributed by atoms with Crippen LogP contribution < -0.4 is 15.4 Å². The molecule has 15 heteroatoms. The molecule has 0 aliphatic carbocycles. The monoisotopic (exact) mass is 679 g/mol. The van der Waals surface area contributed by atoms with E-state index in [1.54, 1.807) is 35.4 Å². The van der Waals surface area contributed by atoms with E-state index in [-0.39, 0.29) is 61.1 Å². The second-order valence-electron chi connectivity index (χ2n) is 12.1. The molecule has 11 nitrogen and oxygen atoms in total. The molecule has 2 aliphatic heterocycles. The number of halogens is 4. The van der Waals surface area contributed by atoms with Crippen LogP contribution in [0.2, 0.25) is 0 Å². The first-order valence-corrected chi connectivity index (χ1v) is 15.8. The van der Waals surface area contributed by atoms with Crippen molar-refractivity contribution in [2.75, 3.05) is 19.7 Å². The highest BCUT2D eigenvalue weighted by molar-refractivity contribution is 5.99. The van der Waals surface area contributed by atoms with Gasteiger partial charge in [-0.15, -0.1) is 5.10 Å². The molecule has 256 valence electrons. The summed E-state index contributed by atoms with van der Waals surface area (Å²) in [6.45, 7) is 0.948. The van der Waals surface area contributed by atoms with Crippen molar-refractivity contribution >= 4 is 17.7 Å². The third kappa shape index (κ3) is 8.21. The lowest BCUT2D eigenvalue weighted by Crippen LogP contribution is -2.54. The van der Waals surface area contributed by atoms with Gasteiger partial charge in [-0.05, 0) is 78.8 Å². The van der Waals surface area contributed by atoms with Gasteiger partial charge >= 0.3 is 6.18 Å². The first-order chi connectivity index (χ1) is 23.5. The average molecular weight is 680 g/mol. The van der Waals surface area contributed by atoms with Crippen molar-refractivity contribution < 1.29 is 36.7 Å². The van der Waals surface area contributed by atoms with E-state index in [0.29, 0.717) is 42.9 Å². The van der Waals surface area contributed by atoms with E-state index in [2.05, 4.69) is 25.9 Å². The van der Waals surface area contributed by atoms with Gasteiger partial charge in [-0.3, -0.25) is 14.4 Å². The smallest absolute Gasteiger partial charge is 0.416 e. The number of hydrogen-bond donors (Lipinski definition) is 2. The predicted octanol–water partition coefficient (Wildman–Crippen LogP) is 4.12. The number of hydrogen-bond acceptors (Lipinski definition) is 7. The molecule has 6 rings (SSSR count). The standard InChI is InChI=1S/C34H33F4N7O4/c35-25-7-9-27(10-8-25)45-20-26(42-43-45)17-29-33(48)44-14-11-22(16-30(46)40-18-21-3-5-24(6-4-21)34(36,37)38)23(19-44)12-15-49-32-28(31(47)41-29)2-1-13-39-32/h1-10,13,20,22-23,29H,11-12,14-19H2,(H,40,46)(H,41,47)/t22-,23-,29+/m0/s1. The van der Waals surface area contributed by atoms with Gasteiger partial charge in [0.05, 0.1) is 29.7 Å². The lowest BCUT2D eigenvalue weighted by Gasteiger charge is -2.40. The Kier molecular flexibility index (Phi) is 9.87. The SMILES string of the molecule is O=C(C[C@@H]1CCN2C[C@@H]1CCOc1ncccc1C(=O)N[C@H](Cc1cn(-c3ccc(F)cc3)nn1)C2=O)NCc1ccc(C(F)(F)F)cc1. The van der Waals surface area contributed by atoms with E-state index in [1.807, 2.05) is 0 Å². The van der Waals surface area contributed by atoms with Gasteiger partial charge in [0.15, 0.2) is 0 Å². The van der Waals surface area contributed by atoms with Crippen LogP contribution in [-0.2, 0) is 28.7 Å². The molecule has 2 bridgehead atoms. The van der Waals surface area contributed by atoms with Gasteiger partial charge in [-0.25, -0.2) is 14.1 Å². The van der Waals surface area contributed by atoms with E-state index in [0.717, 1.165) is 12.1 Å². The molecule has 2 aromatic carbocycles. The van der Waals surface area contributed by atoms with Crippen molar-refractivity contribution in [2.45, 2.75) is 44.4 Å². The molecule has 0 spiro atoms. The molecule has 3 amide bonds. The minimum atomic E-state index is -4.44. The van der Waals surface area contributed by atoms with Crippen molar-refractivity contribution in [3.05, 3.63) is 101 Å². The van der Waals surface area contributed by atoms with Crippen LogP contribution in [0.15, 0.2) is 73.1 Å². The number of nitrogens with zero attached hydrogens (tertiary/aromatic N) is 5. The Morgan fingerprint density at radius 3 is 2.57 bits per heavy atom. The van der Waals surface area contributed by atoms with Crippen LogP contribution in [0.3, 0.4) is 0 Å². The normalized spacial score (nSPS) is 19.9. The van der Waals surface area contributed by atoms with Crippen molar-refractivity contribution in [3.8, 4) is 11.6 Å². The molecule has 0 saturated carbocycles. The van der Waals surface area contributed by atoms with Gasteiger partial charge in [0.25, 0.3) is 5.91 Å². The fraction of sp³-hybridized carbons (Fsp3) is 0.353. The molecule has 0 unspecified atom stereocenters. The lowest BCUT2D eigenvalue weighted by molar-refractivity contribution is -0.138. The maximum atomic E-state index is 14.0. The van der Waals surface area contributed by atoms with Crippen molar-refractivity contribution in [1.29, 1.82) is 0 Å². The summed E-state index contributed by atoms with van der Waals surface area (Å²) in [5.41, 5.74) is 0.937. The third-order valence-corrected chi connectivity index (χ3v) is 8.81. The molecular formula is C34H33F4N7O4. The molecule has 1 fully saturated rings. The van der Waals surface area contributed by atoms with Gasteiger partial charge < -0.3 is 20.3 Å². The minimum Gasteiger partial charge on any atom is -0.477 e. The van der Waals surface area contributed by atoms with Crippen LogP contribution in [0, 0.1) is 17.7 Å². The van der Waals surface area contributed by atoms with Crippen LogP contribution in [-0.4, -0.2) is 68.3 Å². The second-order valence-corrected chi connectivity index (χ2v) is 12.1. The molecule has 4 aromatic rings. The molecule has 3 atom stereocenters. The van der Waals surface area contributed by atoms with E-state index in [4.69, 9.17) is 4.74 Å². The fourth-order valence-electron chi connectivity index (χ4n) is 6.16. The summed E-state index contributed by atoms with van der Waals surface area (Å²) in [6.07, 6.45) is -0.145. The number of aromatic nitrogens is 4.